The SMILES string of the molecule is Cc1ccc(Sc2ccc(N)cc2Cl)cc1C. The number of nitrogens with two attached hydrogens (primary N) is 1. The molecule has 0 spiro atoms. The van der Waals surface area contributed by atoms with E-state index in [9.17, 15) is 0 Å². The van der Waals surface area contributed by atoms with Crippen molar-refractivity contribution < 1.29 is 0 Å². The van der Waals surface area contributed by atoms with Gasteiger partial charge in [-0.25, -0.2) is 0 Å². The van der Waals surface area contributed by atoms with E-state index in [1.807, 2.05) is 12.1 Å². The van der Waals surface area contributed by atoms with Gasteiger partial charge in [-0.1, -0.05) is 29.4 Å². The first-order valence-electron chi connectivity index (χ1n) is 5.36. The Morgan fingerprint density at radius 3 is 2.41 bits per heavy atom. The van der Waals surface area contributed by atoms with Gasteiger partial charge in [0.05, 0.1) is 5.02 Å². The van der Waals surface area contributed by atoms with Gasteiger partial charge in [0.1, 0.15) is 0 Å². The largest absolute Gasteiger partial charge is 0.399 e. The molecule has 2 aromatic carbocycles. The molecule has 0 aliphatic carbocycles. The Morgan fingerprint density at radius 2 is 1.76 bits per heavy atom. The van der Waals surface area contributed by atoms with Crippen LogP contribution in [0.25, 0.3) is 0 Å². The van der Waals surface area contributed by atoms with E-state index in [1.165, 1.54) is 16.0 Å². The molecular formula is C14H14ClNS. The fourth-order valence-corrected chi connectivity index (χ4v) is 2.73. The zero-order valence-electron chi connectivity index (χ0n) is 9.83. The van der Waals surface area contributed by atoms with Crippen LogP contribution in [0.2, 0.25) is 5.02 Å². The van der Waals surface area contributed by atoms with E-state index < -0.39 is 0 Å². The Hall–Kier alpha value is -1.12. The molecule has 1 nitrogen and oxygen atoms in total. The Morgan fingerprint density at radius 1 is 1.00 bits per heavy atom. The van der Waals surface area contributed by atoms with Crippen molar-refractivity contribution in [2.75, 3.05) is 5.73 Å². The summed E-state index contributed by atoms with van der Waals surface area (Å²) in [5.41, 5.74) is 8.96. The average molecular weight is 264 g/mol. The molecule has 2 N–H and O–H groups in total. The van der Waals surface area contributed by atoms with Crippen LogP contribution in [0.4, 0.5) is 5.69 Å². The third-order valence-corrected chi connectivity index (χ3v) is 4.15. The molecule has 0 aliphatic rings. The molecule has 0 radical (unpaired) electrons. The van der Waals surface area contributed by atoms with Gasteiger partial charge in [-0.3, -0.25) is 0 Å². The second-order valence-electron chi connectivity index (χ2n) is 4.04. The maximum Gasteiger partial charge on any atom is 0.0565 e. The van der Waals surface area contributed by atoms with E-state index >= 15 is 0 Å². The van der Waals surface area contributed by atoms with Gasteiger partial charge in [0.25, 0.3) is 0 Å². The van der Waals surface area contributed by atoms with Gasteiger partial charge in [0.2, 0.25) is 0 Å². The van der Waals surface area contributed by atoms with Crippen molar-refractivity contribution in [2.45, 2.75) is 23.6 Å². The summed E-state index contributed by atoms with van der Waals surface area (Å²) in [4.78, 5) is 2.23. The lowest BCUT2D eigenvalue weighted by atomic mass is 10.1. The van der Waals surface area contributed by atoms with Crippen LogP contribution in [0.15, 0.2) is 46.2 Å². The van der Waals surface area contributed by atoms with Gasteiger partial charge < -0.3 is 5.73 Å². The third-order valence-electron chi connectivity index (χ3n) is 2.66. The Kier molecular flexibility index (Phi) is 3.65. The number of anilines is 1. The molecule has 0 heterocycles. The Balaban J connectivity index is 2.28. The molecule has 0 fully saturated rings. The van der Waals surface area contributed by atoms with Gasteiger partial charge in [-0.05, 0) is 55.3 Å². The summed E-state index contributed by atoms with van der Waals surface area (Å²) >= 11 is 7.81. The van der Waals surface area contributed by atoms with E-state index in [0.29, 0.717) is 10.7 Å². The predicted molar refractivity (Wildman–Crippen MR) is 75.9 cm³/mol. The van der Waals surface area contributed by atoms with Crippen LogP contribution in [0.3, 0.4) is 0 Å². The first-order valence-corrected chi connectivity index (χ1v) is 6.56. The fourth-order valence-electron chi connectivity index (χ4n) is 1.50. The van der Waals surface area contributed by atoms with Crippen LogP contribution in [0.1, 0.15) is 11.1 Å². The molecule has 0 amide bonds. The number of nitrogen functional groups attached to an aromatic ring is 1. The monoisotopic (exact) mass is 263 g/mol. The summed E-state index contributed by atoms with van der Waals surface area (Å²) in [7, 11) is 0. The second kappa shape index (κ2) is 5.03. The molecule has 0 unspecified atom stereocenters. The standard InChI is InChI=1S/C14H14ClNS/c1-9-3-5-12(7-10(9)2)17-14-6-4-11(16)8-13(14)15/h3-8H,16H2,1-2H3. The number of benzene rings is 2. The van der Waals surface area contributed by atoms with Crippen molar-refractivity contribution in [2.24, 2.45) is 0 Å². The van der Waals surface area contributed by atoms with Crippen LogP contribution in [0.5, 0.6) is 0 Å². The van der Waals surface area contributed by atoms with Crippen LogP contribution in [-0.2, 0) is 0 Å². The lowest BCUT2D eigenvalue weighted by Gasteiger charge is -2.07. The zero-order valence-corrected chi connectivity index (χ0v) is 11.4. The maximum absolute atomic E-state index is 6.15. The van der Waals surface area contributed by atoms with Gasteiger partial charge in [-0.2, -0.15) is 0 Å². The van der Waals surface area contributed by atoms with Crippen molar-refractivity contribution in [3.05, 3.63) is 52.5 Å². The molecule has 17 heavy (non-hydrogen) atoms. The third kappa shape index (κ3) is 2.96. The zero-order chi connectivity index (χ0) is 12.4. The van der Waals surface area contributed by atoms with Crippen LogP contribution < -0.4 is 5.73 Å². The molecule has 0 aliphatic heterocycles. The van der Waals surface area contributed by atoms with Crippen molar-refractivity contribution in [1.29, 1.82) is 0 Å². The highest BCUT2D eigenvalue weighted by molar-refractivity contribution is 7.99. The normalized spacial score (nSPS) is 10.5. The highest BCUT2D eigenvalue weighted by Gasteiger charge is 2.04. The Bertz CT molecular complexity index is 552. The average Bonchev–Trinajstić information content (AvgIpc) is 2.27. The van der Waals surface area contributed by atoms with Crippen molar-refractivity contribution in [3.8, 4) is 0 Å². The minimum absolute atomic E-state index is 0.694. The minimum Gasteiger partial charge on any atom is -0.399 e. The van der Waals surface area contributed by atoms with Gasteiger partial charge in [0.15, 0.2) is 0 Å². The topological polar surface area (TPSA) is 26.0 Å². The Labute approximate surface area is 111 Å². The maximum atomic E-state index is 6.15. The first-order chi connectivity index (χ1) is 8.06. The minimum atomic E-state index is 0.694. The highest BCUT2D eigenvalue weighted by atomic mass is 35.5. The summed E-state index contributed by atoms with van der Waals surface area (Å²) in [5, 5.41) is 0.702. The number of hydrogen-bond donors (Lipinski definition) is 1. The number of hydrogen-bond acceptors (Lipinski definition) is 2. The molecule has 0 aromatic heterocycles. The quantitative estimate of drug-likeness (QED) is 0.796. The summed E-state index contributed by atoms with van der Waals surface area (Å²) in [6.45, 7) is 4.23. The lowest BCUT2D eigenvalue weighted by molar-refractivity contribution is 1.27. The first kappa shape index (κ1) is 12.3. The number of halogens is 1. The molecule has 2 aromatic rings. The van der Waals surface area contributed by atoms with Crippen molar-refractivity contribution in [3.63, 3.8) is 0 Å². The van der Waals surface area contributed by atoms with Crippen LogP contribution >= 0.6 is 23.4 Å². The van der Waals surface area contributed by atoms with Crippen LogP contribution in [0, 0.1) is 13.8 Å². The molecule has 2 rings (SSSR count). The van der Waals surface area contributed by atoms with Gasteiger partial charge in [-0.15, -0.1) is 0 Å². The van der Waals surface area contributed by atoms with Crippen molar-refractivity contribution >= 4 is 29.1 Å². The van der Waals surface area contributed by atoms with E-state index in [1.54, 1.807) is 17.8 Å². The number of aryl methyl sites for hydroxylation is 2. The summed E-state index contributed by atoms with van der Waals surface area (Å²) in [5.74, 6) is 0. The summed E-state index contributed by atoms with van der Waals surface area (Å²) in [6, 6.07) is 12.0. The molecule has 88 valence electrons. The summed E-state index contributed by atoms with van der Waals surface area (Å²) < 4.78 is 0. The lowest BCUT2D eigenvalue weighted by Crippen LogP contribution is -1.85. The molecule has 0 bridgehead atoms. The molecule has 0 saturated heterocycles. The van der Waals surface area contributed by atoms with E-state index in [0.717, 1.165) is 4.90 Å². The highest BCUT2D eigenvalue weighted by Crippen LogP contribution is 2.34. The van der Waals surface area contributed by atoms with Crippen molar-refractivity contribution in [1.82, 2.24) is 0 Å². The molecule has 0 saturated carbocycles. The molecule has 0 atom stereocenters. The molecular weight excluding hydrogens is 250 g/mol. The smallest absolute Gasteiger partial charge is 0.0565 e. The summed E-state index contributed by atoms with van der Waals surface area (Å²) in [6.07, 6.45) is 0. The van der Waals surface area contributed by atoms with E-state index in [4.69, 9.17) is 17.3 Å². The number of rotatable bonds is 2. The molecule has 3 heteroatoms. The van der Waals surface area contributed by atoms with Gasteiger partial charge >= 0.3 is 0 Å². The van der Waals surface area contributed by atoms with E-state index in [-0.39, 0.29) is 0 Å². The van der Waals surface area contributed by atoms with E-state index in [2.05, 4.69) is 32.0 Å². The predicted octanol–water partition coefficient (Wildman–Crippen LogP) is 4.69. The second-order valence-corrected chi connectivity index (χ2v) is 5.56. The fraction of sp³-hybridized carbons (Fsp3) is 0.143. The van der Waals surface area contributed by atoms with Gasteiger partial charge in [0, 0.05) is 15.5 Å². The van der Waals surface area contributed by atoms with Crippen LogP contribution in [-0.4, -0.2) is 0 Å².